The van der Waals surface area contributed by atoms with Gasteiger partial charge in [-0.2, -0.15) is 0 Å². The third-order valence-electron chi connectivity index (χ3n) is 2.52. The molecule has 19 heavy (non-hydrogen) atoms. The number of carbonyl (C=O) groups excluding carboxylic acids is 1. The van der Waals surface area contributed by atoms with Gasteiger partial charge < -0.3 is 10.3 Å². The molecular formula is C13H11Cl3N2O. The Kier molecular flexibility index (Phi) is 4.40. The molecule has 0 aliphatic rings. The van der Waals surface area contributed by atoms with E-state index < -0.39 is 0 Å². The van der Waals surface area contributed by atoms with Gasteiger partial charge >= 0.3 is 0 Å². The quantitative estimate of drug-likeness (QED) is 0.862. The van der Waals surface area contributed by atoms with Crippen molar-refractivity contribution in [3.05, 3.63) is 50.7 Å². The maximum absolute atomic E-state index is 11.9. The second-order valence-electron chi connectivity index (χ2n) is 4.16. The van der Waals surface area contributed by atoms with Crippen molar-refractivity contribution < 1.29 is 4.79 Å². The monoisotopic (exact) mass is 316 g/mol. The third kappa shape index (κ3) is 3.66. The van der Waals surface area contributed by atoms with Crippen LogP contribution in [0, 0.1) is 6.92 Å². The van der Waals surface area contributed by atoms with Crippen molar-refractivity contribution in [1.29, 1.82) is 0 Å². The summed E-state index contributed by atoms with van der Waals surface area (Å²) >= 11 is 17.8. The molecule has 0 bridgehead atoms. The molecule has 2 aromatic rings. The lowest BCUT2D eigenvalue weighted by Gasteiger charge is -2.09. The zero-order valence-corrected chi connectivity index (χ0v) is 12.3. The van der Waals surface area contributed by atoms with Crippen LogP contribution in [0.15, 0.2) is 24.4 Å². The highest BCUT2D eigenvalue weighted by Gasteiger charge is 2.12. The van der Waals surface area contributed by atoms with E-state index in [1.807, 2.05) is 13.0 Å². The van der Waals surface area contributed by atoms with Crippen LogP contribution in [0.2, 0.25) is 15.1 Å². The van der Waals surface area contributed by atoms with Crippen molar-refractivity contribution >= 4 is 46.4 Å². The Hall–Kier alpha value is -1.16. The smallest absolute Gasteiger partial charge is 0.228 e. The van der Waals surface area contributed by atoms with E-state index in [0.717, 1.165) is 11.3 Å². The number of hydrogen-bond acceptors (Lipinski definition) is 1. The van der Waals surface area contributed by atoms with Crippen LogP contribution in [0.4, 0.5) is 5.69 Å². The Morgan fingerprint density at radius 3 is 2.37 bits per heavy atom. The summed E-state index contributed by atoms with van der Waals surface area (Å²) in [6.45, 7) is 1.92. The number of benzene rings is 1. The largest absolute Gasteiger partial charge is 0.365 e. The van der Waals surface area contributed by atoms with Crippen LogP contribution in [0.3, 0.4) is 0 Å². The van der Waals surface area contributed by atoms with Gasteiger partial charge in [-0.3, -0.25) is 4.79 Å². The Morgan fingerprint density at radius 1 is 1.21 bits per heavy atom. The molecule has 6 heteroatoms. The molecule has 1 aromatic carbocycles. The SMILES string of the molecule is Cc1cc(CC(=O)Nc2c(Cl)cc(Cl)cc2Cl)c[nH]1. The second-order valence-corrected chi connectivity index (χ2v) is 5.41. The molecule has 1 heterocycles. The predicted molar refractivity (Wildman–Crippen MR) is 79.3 cm³/mol. The first-order valence-electron chi connectivity index (χ1n) is 5.54. The van der Waals surface area contributed by atoms with Gasteiger partial charge in [-0.1, -0.05) is 34.8 Å². The van der Waals surface area contributed by atoms with Crippen molar-refractivity contribution in [2.75, 3.05) is 5.32 Å². The summed E-state index contributed by atoms with van der Waals surface area (Å²) in [6.07, 6.45) is 2.04. The first-order chi connectivity index (χ1) is 8.95. The van der Waals surface area contributed by atoms with E-state index >= 15 is 0 Å². The van der Waals surface area contributed by atoms with Gasteiger partial charge in [-0.05, 0) is 30.7 Å². The molecule has 0 unspecified atom stereocenters. The summed E-state index contributed by atoms with van der Waals surface area (Å²) in [4.78, 5) is 14.9. The van der Waals surface area contributed by atoms with E-state index in [1.165, 1.54) is 12.1 Å². The minimum absolute atomic E-state index is 0.190. The van der Waals surface area contributed by atoms with Crippen LogP contribution < -0.4 is 5.32 Å². The van der Waals surface area contributed by atoms with E-state index in [2.05, 4.69) is 10.3 Å². The van der Waals surface area contributed by atoms with Gasteiger partial charge in [0.05, 0.1) is 22.2 Å². The molecular weight excluding hydrogens is 307 g/mol. The number of aromatic amines is 1. The van der Waals surface area contributed by atoms with E-state index in [-0.39, 0.29) is 12.3 Å². The normalized spacial score (nSPS) is 10.5. The molecule has 0 atom stereocenters. The van der Waals surface area contributed by atoms with E-state index in [1.54, 1.807) is 6.20 Å². The maximum atomic E-state index is 11.9. The van der Waals surface area contributed by atoms with E-state index in [0.29, 0.717) is 20.8 Å². The van der Waals surface area contributed by atoms with E-state index in [9.17, 15) is 4.79 Å². The number of nitrogens with one attached hydrogen (secondary N) is 2. The number of aryl methyl sites for hydroxylation is 1. The molecule has 0 saturated carbocycles. The Labute approximate surface area is 125 Å². The number of rotatable bonds is 3. The van der Waals surface area contributed by atoms with Crippen LogP contribution in [0.5, 0.6) is 0 Å². The summed E-state index contributed by atoms with van der Waals surface area (Å²) in [5.41, 5.74) is 2.28. The van der Waals surface area contributed by atoms with Crippen molar-refractivity contribution in [3.8, 4) is 0 Å². The van der Waals surface area contributed by atoms with E-state index in [4.69, 9.17) is 34.8 Å². The minimum Gasteiger partial charge on any atom is -0.365 e. The number of hydrogen-bond donors (Lipinski definition) is 2. The molecule has 0 aliphatic carbocycles. The van der Waals surface area contributed by atoms with Crippen LogP contribution in [-0.4, -0.2) is 10.9 Å². The number of H-pyrrole nitrogens is 1. The van der Waals surface area contributed by atoms with Crippen LogP contribution in [0.1, 0.15) is 11.3 Å². The maximum Gasteiger partial charge on any atom is 0.228 e. The van der Waals surface area contributed by atoms with Gasteiger partial charge in [0.25, 0.3) is 0 Å². The molecule has 3 nitrogen and oxygen atoms in total. The van der Waals surface area contributed by atoms with Crippen LogP contribution >= 0.6 is 34.8 Å². The Bertz CT molecular complexity index is 599. The van der Waals surface area contributed by atoms with Crippen molar-refractivity contribution in [1.82, 2.24) is 4.98 Å². The average Bonchev–Trinajstić information content (AvgIpc) is 2.69. The standard InChI is InChI=1S/C13H11Cl3N2O/c1-7-2-8(6-17-7)3-12(19)18-13-10(15)4-9(14)5-11(13)16/h2,4-6,17H,3H2,1H3,(H,18,19). The number of amides is 1. The highest BCUT2D eigenvalue weighted by Crippen LogP contribution is 2.33. The Morgan fingerprint density at radius 2 is 1.84 bits per heavy atom. The molecule has 1 amide bonds. The lowest BCUT2D eigenvalue weighted by molar-refractivity contribution is -0.115. The zero-order valence-electron chi connectivity index (χ0n) is 10.1. The average molecular weight is 318 g/mol. The molecule has 2 rings (SSSR count). The molecule has 0 radical (unpaired) electrons. The first kappa shape index (κ1) is 14.3. The molecule has 1 aromatic heterocycles. The second kappa shape index (κ2) is 5.87. The molecule has 0 saturated heterocycles. The number of halogens is 3. The van der Waals surface area contributed by atoms with Crippen LogP contribution in [-0.2, 0) is 11.2 Å². The van der Waals surface area contributed by atoms with Gasteiger partial charge in [-0.25, -0.2) is 0 Å². The van der Waals surface area contributed by atoms with Gasteiger partial charge in [0.2, 0.25) is 5.91 Å². The summed E-state index contributed by atoms with van der Waals surface area (Å²) < 4.78 is 0. The van der Waals surface area contributed by atoms with Crippen molar-refractivity contribution in [3.63, 3.8) is 0 Å². The lowest BCUT2D eigenvalue weighted by atomic mass is 10.2. The fraction of sp³-hybridized carbons (Fsp3) is 0.154. The minimum atomic E-state index is -0.190. The molecule has 100 valence electrons. The predicted octanol–water partition coefficient (Wildman–Crippen LogP) is 4.46. The fourth-order valence-electron chi connectivity index (χ4n) is 1.70. The molecule has 2 N–H and O–H groups in total. The highest BCUT2D eigenvalue weighted by molar-refractivity contribution is 6.42. The summed E-state index contributed by atoms with van der Waals surface area (Å²) in [7, 11) is 0. The van der Waals surface area contributed by atoms with Crippen molar-refractivity contribution in [2.24, 2.45) is 0 Å². The van der Waals surface area contributed by atoms with Gasteiger partial charge in [0.1, 0.15) is 0 Å². The molecule has 0 aliphatic heterocycles. The number of carbonyl (C=O) groups is 1. The highest BCUT2D eigenvalue weighted by atomic mass is 35.5. The fourth-order valence-corrected chi connectivity index (χ4v) is 2.61. The summed E-state index contributed by atoms with van der Waals surface area (Å²) in [6, 6.07) is 4.97. The topological polar surface area (TPSA) is 44.9 Å². The number of anilines is 1. The zero-order chi connectivity index (χ0) is 14.0. The number of aromatic nitrogens is 1. The summed E-state index contributed by atoms with van der Waals surface area (Å²) in [5, 5.41) is 3.74. The van der Waals surface area contributed by atoms with Gasteiger partial charge in [-0.15, -0.1) is 0 Å². The first-order valence-corrected chi connectivity index (χ1v) is 6.67. The lowest BCUT2D eigenvalue weighted by Crippen LogP contribution is -2.14. The third-order valence-corrected chi connectivity index (χ3v) is 3.34. The van der Waals surface area contributed by atoms with Crippen molar-refractivity contribution in [2.45, 2.75) is 13.3 Å². The Balaban J connectivity index is 2.11. The molecule has 0 fully saturated rings. The van der Waals surface area contributed by atoms with Crippen LogP contribution in [0.25, 0.3) is 0 Å². The molecule has 0 spiro atoms. The van der Waals surface area contributed by atoms with Gasteiger partial charge in [0, 0.05) is 16.9 Å². The van der Waals surface area contributed by atoms with Gasteiger partial charge in [0.15, 0.2) is 0 Å². The summed E-state index contributed by atoms with van der Waals surface area (Å²) in [5.74, 6) is -0.190.